The first-order valence-corrected chi connectivity index (χ1v) is 7.14. The number of amides is 1. The number of imidazole rings is 1. The minimum absolute atomic E-state index is 0.243. The van der Waals surface area contributed by atoms with Crippen LogP contribution in [-0.4, -0.2) is 22.4 Å². The lowest BCUT2D eigenvalue weighted by molar-refractivity contribution is 0.0944. The Bertz CT molecular complexity index is 856. The average Bonchev–Trinajstić information content (AvgIpc) is 2.90. The van der Waals surface area contributed by atoms with Gasteiger partial charge in [-0.1, -0.05) is 12.1 Å². The van der Waals surface area contributed by atoms with Gasteiger partial charge >= 0.3 is 0 Å². The van der Waals surface area contributed by atoms with Gasteiger partial charge in [0, 0.05) is 12.7 Å². The van der Waals surface area contributed by atoms with Gasteiger partial charge < -0.3 is 10.1 Å². The van der Waals surface area contributed by atoms with Crippen LogP contribution in [0.3, 0.4) is 0 Å². The maximum Gasteiger partial charge on any atom is 0.270 e. The van der Waals surface area contributed by atoms with Crippen LogP contribution in [0.4, 0.5) is 4.39 Å². The Hall–Kier alpha value is -2.89. The number of ether oxygens (including phenoxy) is 1. The fourth-order valence-electron chi connectivity index (χ4n) is 2.46. The molecule has 0 radical (unpaired) electrons. The standard InChI is InChI=1S/C17H16FN3O2/c1-11-15(21-9-3-4-14(23-2)16(21)20-11)17(22)19-10-12-5-7-13(18)8-6-12/h3-9H,10H2,1-2H3,(H,19,22). The van der Waals surface area contributed by atoms with Crippen molar-refractivity contribution < 1.29 is 13.9 Å². The summed E-state index contributed by atoms with van der Waals surface area (Å²) in [6.45, 7) is 2.09. The molecule has 0 spiro atoms. The van der Waals surface area contributed by atoms with Gasteiger partial charge in [-0.05, 0) is 36.8 Å². The van der Waals surface area contributed by atoms with Crippen LogP contribution < -0.4 is 10.1 Å². The van der Waals surface area contributed by atoms with E-state index in [2.05, 4.69) is 10.3 Å². The first kappa shape index (κ1) is 15.0. The number of aromatic nitrogens is 2. The molecule has 0 fully saturated rings. The van der Waals surface area contributed by atoms with Gasteiger partial charge in [0.15, 0.2) is 11.4 Å². The summed E-state index contributed by atoms with van der Waals surface area (Å²) in [5.41, 5.74) is 2.50. The largest absolute Gasteiger partial charge is 0.493 e. The Morgan fingerprint density at radius 3 is 2.74 bits per heavy atom. The molecule has 0 atom stereocenters. The molecule has 0 aliphatic carbocycles. The molecule has 0 aliphatic rings. The average molecular weight is 313 g/mol. The van der Waals surface area contributed by atoms with Gasteiger partial charge in [-0.25, -0.2) is 9.37 Å². The highest BCUT2D eigenvalue weighted by molar-refractivity contribution is 5.94. The van der Waals surface area contributed by atoms with E-state index in [-0.39, 0.29) is 11.7 Å². The van der Waals surface area contributed by atoms with Gasteiger partial charge in [0.2, 0.25) is 0 Å². The van der Waals surface area contributed by atoms with Crippen LogP contribution >= 0.6 is 0 Å². The third-order valence-electron chi connectivity index (χ3n) is 3.59. The van der Waals surface area contributed by atoms with E-state index >= 15 is 0 Å². The number of pyridine rings is 1. The number of aryl methyl sites for hydroxylation is 1. The summed E-state index contributed by atoms with van der Waals surface area (Å²) in [4.78, 5) is 16.9. The lowest BCUT2D eigenvalue weighted by atomic mass is 10.2. The summed E-state index contributed by atoms with van der Waals surface area (Å²) in [6, 6.07) is 9.60. The Kier molecular flexibility index (Phi) is 3.97. The molecule has 0 unspecified atom stereocenters. The van der Waals surface area contributed by atoms with Crippen LogP contribution in [0.2, 0.25) is 0 Å². The first-order valence-electron chi connectivity index (χ1n) is 7.14. The van der Waals surface area contributed by atoms with Crippen molar-refractivity contribution in [1.29, 1.82) is 0 Å². The number of nitrogens with zero attached hydrogens (tertiary/aromatic N) is 2. The summed E-state index contributed by atoms with van der Waals surface area (Å²) in [6.07, 6.45) is 1.77. The summed E-state index contributed by atoms with van der Waals surface area (Å²) in [5.74, 6) is 0.0607. The second kappa shape index (κ2) is 6.08. The Morgan fingerprint density at radius 2 is 2.04 bits per heavy atom. The number of methoxy groups -OCH3 is 1. The number of benzene rings is 1. The lowest BCUT2D eigenvalue weighted by Gasteiger charge is -2.07. The molecule has 3 aromatic rings. The first-order chi connectivity index (χ1) is 11.1. The zero-order valence-electron chi connectivity index (χ0n) is 12.8. The molecule has 1 N–H and O–H groups in total. The number of fused-ring (bicyclic) bond motifs is 1. The van der Waals surface area contributed by atoms with E-state index in [0.29, 0.717) is 29.3 Å². The van der Waals surface area contributed by atoms with Gasteiger partial charge in [-0.2, -0.15) is 0 Å². The molecule has 1 aromatic carbocycles. The quantitative estimate of drug-likeness (QED) is 0.806. The second-order valence-corrected chi connectivity index (χ2v) is 5.13. The summed E-state index contributed by atoms with van der Waals surface area (Å²) in [7, 11) is 1.56. The number of carbonyl (C=O) groups excluding carboxylic acids is 1. The van der Waals surface area contributed by atoms with Crippen molar-refractivity contribution >= 4 is 11.6 Å². The molecule has 0 saturated carbocycles. The van der Waals surface area contributed by atoms with E-state index in [1.165, 1.54) is 12.1 Å². The van der Waals surface area contributed by atoms with Crippen LogP contribution in [0.15, 0.2) is 42.6 Å². The van der Waals surface area contributed by atoms with Crippen LogP contribution in [0, 0.1) is 12.7 Å². The molecule has 0 aliphatic heterocycles. The van der Waals surface area contributed by atoms with Crippen LogP contribution in [0.5, 0.6) is 5.75 Å². The Labute approximate surface area is 132 Å². The highest BCUT2D eigenvalue weighted by Gasteiger charge is 2.18. The maximum absolute atomic E-state index is 12.9. The number of rotatable bonds is 4. The predicted octanol–water partition coefficient (Wildman–Crippen LogP) is 2.72. The predicted molar refractivity (Wildman–Crippen MR) is 84.1 cm³/mol. The van der Waals surface area contributed by atoms with E-state index in [0.717, 1.165) is 5.56 Å². The molecule has 2 aromatic heterocycles. The number of nitrogens with one attached hydrogen (secondary N) is 1. The second-order valence-electron chi connectivity index (χ2n) is 5.13. The lowest BCUT2D eigenvalue weighted by Crippen LogP contribution is -2.25. The van der Waals surface area contributed by atoms with E-state index < -0.39 is 0 Å². The van der Waals surface area contributed by atoms with Gasteiger partial charge in [0.05, 0.1) is 12.8 Å². The topological polar surface area (TPSA) is 55.6 Å². The third kappa shape index (κ3) is 2.88. The Balaban J connectivity index is 1.86. The van der Waals surface area contributed by atoms with Crippen molar-refractivity contribution in [2.45, 2.75) is 13.5 Å². The van der Waals surface area contributed by atoms with Crippen molar-refractivity contribution in [3.8, 4) is 5.75 Å². The molecule has 5 nitrogen and oxygen atoms in total. The molecular weight excluding hydrogens is 297 g/mol. The molecule has 0 bridgehead atoms. The zero-order chi connectivity index (χ0) is 16.4. The normalized spacial score (nSPS) is 10.7. The van der Waals surface area contributed by atoms with Gasteiger partial charge in [-0.3, -0.25) is 9.20 Å². The van der Waals surface area contributed by atoms with Crippen LogP contribution in [-0.2, 0) is 6.54 Å². The minimum Gasteiger partial charge on any atom is -0.493 e. The maximum atomic E-state index is 12.9. The number of hydrogen-bond acceptors (Lipinski definition) is 3. The van der Waals surface area contributed by atoms with E-state index in [4.69, 9.17) is 4.74 Å². The SMILES string of the molecule is COc1cccn2c(C(=O)NCc3ccc(F)cc3)c(C)nc12. The van der Waals surface area contributed by atoms with Crippen LogP contribution in [0.1, 0.15) is 21.7 Å². The van der Waals surface area contributed by atoms with Gasteiger partial charge in [0.1, 0.15) is 11.5 Å². The molecule has 23 heavy (non-hydrogen) atoms. The zero-order valence-corrected chi connectivity index (χ0v) is 12.8. The molecule has 2 heterocycles. The molecule has 6 heteroatoms. The smallest absolute Gasteiger partial charge is 0.270 e. The summed E-state index contributed by atoms with van der Waals surface area (Å²) < 4.78 is 19.9. The fourth-order valence-corrected chi connectivity index (χ4v) is 2.46. The van der Waals surface area contributed by atoms with Crippen molar-refractivity contribution in [2.24, 2.45) is 0 Å². The molecule has 3 rings (SSSR count). The monoisotopic (exact) mass is 313 g/mol. The van der Waals surface area contributed by atoms with E-state index in [1.807, 2.05) is 0 Å². The van der Waals surface area contributed by atoms with Crippen molar-refractivity contribution in [2.75, 3.05) is 7.11 Å². The fraction of sp³-hybridized carbons (Fsp3) is 0.176. The number of carbonyl (C=O) groups is 1. The number of hydrogen-bond donors (Lipinski definition) is 1. The van der Waals surface area contributed by atoms with E-state index in [9.17, 15) is 9.18 Å². The molecule has 1 amide bonds. The van der Waals surface area contributed by atoms with E-state index in [1.54, 1.807) is 48.9 Å². The van der Waals surface area contributed by atoms with Crippen molar-refractivity contribution in [3.05, 3.63) is 65.4 Å². The summed E-state index contributed by atoms with van der Waals surface area (Å²) in [5, 5.41) is 2.83. The van der Waals surface area contributed by atoms with Crippen molar-refractivity contribution in [1.82, 2.24) is 14.7 Å². The highest BCUT2D eigenvalue weighted by Crippen LogP contribution is 2.21. The minimum atomic E-state index is -0.301. The molecule has 0 saturated heterocycles. The summed E-state index contributed by atoms with van der Waals surface area (Å²) >= 11 is 0. The third-order valence-corrected chi connectivity index (χ3v) is 3.59. The van der Waals surface area contributed by atoms with Crippen LogP contribution in [0.25, 0.3) is 5.65 Å². The van der Waals surface area contributed by atoms with Gasteiger partial charge in [-0.15, -0.1) is 0 Å². The highest BCUT2D eigenvalue weighted by atomic mass is 19.1. The molecular formula is C17H16FN3O2. The molecule has 118 valence electrons. The Morgan fingerprint density at radius 1 is 1.30 bits per heavy atom. The number of halogens is 1. The van der Waals surface area contributed by atoms with Gasteiger partial charge in [0.25, 0.3) is 5.91 Å². The van der Waals surface area contributed by atoms with Crippen molar-refractivity contribution in [3.63, 3.8) is 0 Å².